The fraction of sp³-hybridized carbons (Fsp3) is 0.467. The zero-order valence-electron chi connectivity index (χ0n) is 22.1. The maximum atomic E-state index is 13.4. The van der Waals surface area contributed by atoms with Crippen molar-refractivity contribution < 1.29 is 24.2 Å². The lowest BCUT2D eigenvalue weighted by molar-refractivity contribution is -0.140. The number of rotatable bonds is 7. The lowest BCUT2D eigenvalue weighted by atomic mass is 9.90. The quantitative estimate of drug-likeness (QED) is 0.299. The van der Waals surface area contributed by atoms with Gasteiger partial charge >= 0.3 is 0 Å². The number of carbonyl (C=O) groups excluding carboxylic acids is 2. The second-order valence-corrected chi connectivity index (χ2v) is 10.5. The first kappa shape index (κ1) is 26.0. The van der Waals surface area contributed by atoms with Crippen LogP contribution in [0.25, 0.3) is 5.76 Å². The highest BCUT2D eigenvalue weighted by atomic mass is 16.5. The SMILES string of the molecule is COc1cc(C)c(/C(O)=C2\C(=O)C(=O)N(CC3CCCO3)C2c2ccc(C(C)C)cc2)cc1C(C)C. The molecule has 2 atom stereocenters. The number of likely N-dealkylation sites (tertiary alicyclic amines) is 1. The summed E-state index contributed by atoms with van der Waals surface area (Å²) in [6.45, 7) is 11.2. The first-order valence-electron chi connectivity index (χ1n) is 12.8. The Bertz CT molecular complexity index is 1170. The molecule has 0 spiro atoms. The minimum atomic E-state index is -0.681. The summed E-state index contributed by atoms with van der Waals surface area (Å²) in [4.78, 5) is 28.3. The molecule has 2 aromatic carbocycles. The number of Topliss-reactive ketones (excluding diaryl/α,β-unsaturated/α-hetero) is 1. The van der Waals surface area contributed by atoms with Gasteiger partial charge in [0.2, 0.25) is 0 Å². The lowest BCUT2D eigenvalue weighted by Gasteiger charge is -2.28. The zero-order chi connectivity index (χ0) is 26.1. The van der Waals surface area contributed by atoms with Crippen molar-refractivity contribution in [3.8, 4) is 5.75 Å². The fourth-order valence-corrected chi connectivity index (χ4v) is 5.21. The molecule has 6 heteroatoms. The number of aliphatic hydroxyl groups is 1. The number of benzene rings is 2. The zero-order valence-corrected chi connectivity index (χ0v) is 22.1. The van der Waals surface area contributed by atoms with Gasteiger partial charge < -0.3 is 19.5 Å². The second-order valence-electron chi connectivity index (χ2n) is 10.5. The van der Waals surface area contributed by atoms with E-state index in [-0.39, 0.29) is 23.4 Å². The van der Waals surface area contributed by atoms with E-state index in [1.807, 2.05) is 57.2 Å². The maximum Gasteiger partial charge on any atom is 0.295 e. The highest BCUT2D eigenvalue weighted by molar-refractivity contribution is 6.46. The highest BCUT2D eigenvalue weighted by Gasteiger charge is 2.47. The summed E-state index contributed by atoms with van der Waals surface area (Å²) in [5.41, 5.74) is 4.33. The Balaban J connectivity index is 1.88. The molecule has 2 aromatic rings. The number of nitrogens with zero attached hydrogens (tertiary/aromatic N) is 1. The van der Waals surface area contributed by atoms with E-state index in [2.05, 4.69) is 13.8 Å². The molecule has 2 fully saturated rings. The number of methoxy groups -OCH3 is 1. The third-order valence-electron chi connectivity index (χ3n) is 7.34. The molecule has 0 radical (unpaired) electrons. The average Bonchev–Trinajstić information content (AvgIpc) is 3.45. The number of ketones is 1. The van der Waals surface area contributed by atoms with Crippen molar-refractivity contribution in [2.45, 2.75) is 71.4 Å². The Labute approximate surface area is 213 Å². The molecule has 2 saturated heterocycles. The summed E-state index contributed by atoms with van der Waals surface area (Å²) in [5, 5.41) is 11.6. The molecule has 6 nitrogen and oxygen atoms in total. The van der Waals surface area contributed by atoms with Gasteiger partial charge in [0.15, 0.2) is 0 Å². The third-order valence-corrected chi connectivity index (χ3v) is 7.34. The van der Waals surface area contributed by atoms with Gasteiger partial charge in [-0.2, -0.15) is 0 Å². The van der Waals surface area contributed by atoms with Gasteiger partial charge in [0.25, 0.3) is 11.7 Å². The van der Waals surface area contributed by atoms with Crippen LogP contribution in [0.15, 0.2) is 42.0 Å². The van der Waals surface area contributed by atoms with E-state index in [0.29, 0.717) is 24.6 Å². The Morgan fingerprint density at radius 3 is 2.36 bits per heavy atom. The van der Waals surface area contributed by atoms with Crippen LogP contribution in [0.2, 0.25) is 0 Å². The lowest BCUT2D eigenvalue weighted by Crippen LogP contribution is -2.36. The molecule has 2 heterocycles. The maximum absolute atomic E-state index is 13.4. The van der Waals surface area contributed by atoms with E-state index in [1.165, 1.54) is 5.56 Å². The molecule has 4 rings (SSSR count). The predicted molar refractivity (Wildman–Crippen MR) is 140 cm³/mol. The molecule has 0 saturated carbocycles. The summed E-state index contributed by atoms with van der Waals surface area (Å²) < 4.78 is 11.4. The number of hydrogen-bond acceptors (Lipinski definition) is 5. The van der Waals surface area contributed by atoms with E-state index in [4.69, 9.17) is 9.47 Å². The van der Waals surface area contributed by atoms with E-state index in [0.717, 1.165) is 35.3 Å². The molecule has 1 amide bonds. The van der Waals surface area contributed by atoms with Gasteiger partial charge in [0.05, 0.1) is 24.8 Å². The van der Waals surface area contributed by atoms with Gasteiger partial charge in [-0.05, 0) is 66.0 Å². The summed E-state index contributed by atoms with van der Waals surface area (Å²) in [6.07, 6.45) is 1.67. The Kier molecular flexibility index (Phi) is 7.55. The largest absolute Gasteiger partial charge is 0.507 e. The van der Waals surface area contributed by atoms with Crippen LogP contribution in [-0.2, 0) is 14.3 Å². The van der Waals surface area contributed by atoms with Crippen molar-refractivity contribution in [1.29, 1.82) is 0 Å². The van der Waals surface area contributed by atoms with E-state index >= 15 is 0 Å². The van der Waals surface area contributed by atoms with Gasteiger partial charge in [-0.25, -0.2) is 0 Å². The molecule has 2 aliphatic heterocycles. The normalized spacial score (nSPS) is 21.7. The summed E-state index contributed by atoms with van der Waals surface area (Å²) in [5.74, 6) is -0.172. The van der Waals surface area contributed by atoms with Gasteiger partial charge in [0, 0.05) is 18.7 Å². The Morgan fingerprint density at radius 2 is 1.81 bits per heavy atom. The molecular formula is C30H37NO5. The smallest absolute Gasteiger partial charge is 0.295 e. The Hall–Kier alpha value is -3.12. The van der Waals surface area contributed by atoms with Crippen LogP contribution in [-0.4, -0.2) is 48.1 Å². The van der Waals surface area contributed by atoms with Gasteiger partial charge in [-0.1, -0.05) is 52.0 Å². The predicted octanol–water partition coefficient (Wildman–Crippen LogP) is 5.85. The van der Waals surface area contributed by atoms with Crippen molar-refractivity contribution in [3.63, 3.8) is 0 Å². The topological polar surface area (TPSA) is 76.1 Å². The monoisotopic (exact) mass is 491 g/mol. The van der Waals surface area contributed by atoms with Crippen LogP contribution in [0.3, 0.4) is 0 Å². The van der Waals surface area contributed by atoms with Crippen molar-refractivity contribution in [3.05, 3.63) is 69.8 Å². The number of ether oxygens (including phenoxy) is 2. The fourth-order valence-electron chi connectivity index (χ4n) is 5.21. The first-order chi connectivity index (χ1) is 17.1. The molecule has 2 aliphatic rings. The minimum Gasteiger partial charge on any atom is -0.507 e. The van der Waals surface area contributed by atoms with Gasteiger partial charge in [0.1, 0.15) is 11.5 Å². The van der Waals surface area contributed by atoms with E-state index in [9.17, 15) is 14.7 Å². The molecule has 36 heavy (non-hydrogen) atoms. The third kappa shape index (κ3) is 4.79. The second kappa shape index (κ2) is 10.5. The summed E-state index contributed by atoms with van der Waals surface area (Å²) >= 11 is 0. The molecule has 0 bridgehead atoms. The highest BCUT2D eigenvalue weighted by Crippen LogP contribution is 2.42. The molecule has 1 N–H and O–H groups in total. The van der Waals surface area contributed by atoms with Crippen LogP contribution in [0.5, 0.6) is 5.75 Å². The van der Waals surface area contributed by atoms with Crippen LogP contribution in [0, 0.1) is 6.92 Å². The van der Waals surface area contributed by atoms with Crippen molar-refractivity contribution in [2.75, 3.05) is 20.3 Å². The number of aliphatic hydroxyl groups excluding tert-OH is 1. The van der Waals surface area contributed by atoms with Crippen molar-refractivity contribution in [2.24, 2.45) is 0 Å². The van der Waals surface area contributed by atoms with Crippen LogP contribution < -0.4 is 4.74 Å². The molecule has 2 unspecified atom stereocenters. The van der Waals surface area contributed by atoms with Crippen LogP contribution >= 0.6 is 0 Å². The Morgan fingerprint density at radius 1 is 1.11 bits per heavy atom. The van der Waals surface area contributed by atoms with E-state index in [1.54, 1.807) is 12.0 Å². The van der Waals surface area contributed by atoms with E-state index < -0.39 is 17.7 Å². The number of aryl methyl sites for hydroxylation is 1. The van der Waals surface area contributed by atoms with Gasteiger partial charge in [-0.3, -0.25) is 9.59 Å². The van der Waals surface area contributed by atoms with Crippen LogP contribution in [0.1, 0.15) is 86.2 Å². The van der Waals surface area contributed by atoms with Crippen LogP contribution in [0.4, 0.5) is 0 Å². The summed E-state index contributed by atoms with van der Waals surface area (Å²) in [6, 6.07) is 11.0. The molecule has 0 aliphatic carbocycles. The standard InChI is InChI=1S/C30H37NO5/c1-17(2)20-9-11-21(12-10-20)27-26(29(33)30(34)31(27)16-22-8-7-13-36-22)28(32)24-15-23(18(3)4)25(35-6)14-19(24)5/h9-12,14-15,17-18,22,27,32H,7-8,13,16H2,1-6H3/b28-26+. The summed E-state index contributed by atoms with van der Waals surface area (Å²) in [7, 11) is 1.62. The first-order valence-corrected chi connectivity index (χ1v) is 12.8. The minimum absolute atomic E-state index is 0.115. The van der Waals surface area contributed by atoms with Crippen molar-refractivity contribution >= 4 is 17.4 Å². The molecule has 192 valence electrons. The number of amides is 1. The number of carbonyl (C=O) groups is 2. The molecular weight excluding hydrogens is 454 g/mol. The number of hydrogen-bond donors (Lipinski definition) is 1. The molecule has 0 aromatic heterocycles. The average molecular weight is 492 g/mol. The van der Waals surface area contributed by atoms with Gasteiger partial charge in [-0.15, -0.1) is 0 Å². The van der Waals surface area contributed by atoms with Crippen molar-refractivity contribution in [1.82, 2.24) is 4.90 Å².